The summed E-state index contributed by atoms with van der Waals surface area (Å²) in [5, 5.41) is 0. The topological polar surface area (TPSA) is 59.1 Å². The van der Waals surface area contributed by atoms with E-state index >= 15 is 0 Å². The molecule has 2 heterocycles. The van der Waals surface area contributed by atoms with Gasteiger partial charge in [0.1, 0.15) is 17.2 Å². The van der Waals surface area contributed by atoms with Gasteiger partial charge < -0.3 is 9.47 Å². The summed E-state index contributed by atoms with van der Waals surface area (Å²) in [4.78, 5) is 31.5. The summed E-state index contributed by atoms with van der Waals surface area (Å²) in [7, 11) is 0. The minimum absolute atomic E-state index is 0.0325. The normalized spacial score (nSPS) is 25.3. The van der Waals surface area contributed by atoms with Crippen LogP contribution in [0.5, 0.6) is 0 Å². The zero-order valence-electron chi connectivity index (χ0n) is 21.7. The third-order valence-electron chi connectivity index (χ3n) is 6.45. The maximum atomic E-state index is 13.5. The number of esters is 2. The number of rotatable bonds is 5. The second-order valence-corrected chi connectivity index (χ2v) is 11.6. The first-order valence-electron chi connectivity index (χ1n) is 12.5. The van der Waals surface area contributed by atoms with Gasteiger partial charge in [-0.25, -0.2) is 0 Å². The Morgan fingerprint density at radius 2 is 1.37 bits per heavy atom. The Morgan fingerprint density at radius 3 is 1.94 bits per heavy atom. The molecule has 0 unspecified atom stereocenters. The molecule has 0 amide bonds. The van der Waals surface area contributed by atoms with Crippen LogP contribution in [0.15, 0.2) is 60.7 Å². The molecule has 0 N–H and O–H groups in total. The number of hydrogen-bond donors (Lipinski definition) is 0. The molecule has 2 fully saturated rings. The van der Waals surface area contributed by atoms with Crippen molar-refractivity contribution in [2.24, 2.45) is 5.92 Å². The lowest BCUT2D eigenvalue weighted by Gasteiger charge is -2.32. The van der Waals surface area contributed by atoms with Crippen molar-refractivity contribution in [3.63, 3.8) is 0 Å². The molecule has 188 valence electrons. The molecule has 2 aromatic rings. The van der Waals surface area contributed by atoms with Crippen LogP contribution in [-0.2, 0) is 25.6 Å². The number of ether oxygens (including phenoxy) is 2. The van der Waals surface area contributed by atoms with Crippen LogP contribution in [0.2, 0.25) is 0 Å². The van der Waals surface area contributed by atoms with Gasteiger partial charge in [0.05, 0.1) is 12.1 Å². The van der Waals surface area contributed by atoms with Crippen molar-refractivity contribution < 1.29 is 19.1 Å². The fourth-order valence-corrected chi connectivity index (χ4v) is 5.26. The molecule has 4 atom stereocenters. The molecule has 2 saturated heterocycles. The number of fused-ring (bicyclic) bond motifs is 1. The molecule has 6 heteroatoms. The fourth-order valence-electron chi connectivity index (χ4n) is 5.26. The summed E-state index contributed by atoms with van der Waals surface area (Å²) in [5.41, 5.74) is 1.09. The van der Waals surface area contributed by atoms with Crippen molar-refractivity contribution in [3.8, 4) is 0 Å². The molecule has 0 aliphatic carbocycles. The summed E-state index contributed by atoms with van der Waals surface area (Å²) in [6.45, 7) is 12.7. The number of hydrogen-bond acceptors (Lipinski definition) is 6. The highest BCUT2D eigenvalue weighted by Crippen LogP contribution is 2.46. The Morgan fingerprint density at radius 1 is 0.829 bits per heavy atom. The highest BCUT2D eigenvalue weighted by atomic mass is 16.6. The second-order valence-electron chi connectivity index (χ2n) is 11.6. The molecule has 0 spiro atoms. The highest BCUT2D eigenvalue weighted by molar-refractivity contribution is 5.81. The van der Waals surface area contributed by atoms with Crippen LogP contribution in [0.25, 0.3) is 0 Å². The number of nitrogens with zero attached hydrogens (tertiary/aromatic N) is 2. The highest BCUT2D eigenvalue weighted by Gasteiger charge is 2.58. The molecule has 0 saturated carbocycles. The monoisotopic (exact) mass is 478 g/mol. The molecule has 2 aliphatic heterocycles. The van der Waals surface area contributed by atoms with Gasteiger partial charge in [0, 0.05) is 19.1 Å². The van der Waals surface area contributed by atoms with Crippen molar-refractivity contribution in [2.45, 2.75) is 84.0 Å². The zero-order valence-corrected chi connectivity index (χ0v) is 21.7. The number of benzene rings is 2. The first-order valence-corrected chi connectivity index (χ1v) is 12.5. The first kappa shape index (κ1) is 25.4. The van der Waals surface area contributed by atoms with E-state index in [2.05, 4.69) is 34.1 Å². The first-order chi connectivity index (χ1) is 16.4. The molecule has 0 aromatic heterocycles. The predicted octanol–water partition coefficient (Wildman–Crippen LogP) is 4.94. The summed E-state index contributed by atoms with van der Waals surface area (Å²) < 4.78 is 11.7. The second kappa shape index (κ2) is 9.75. The maximum absolute atomic E-state index is 13.5. The number of carbonyl (C=O) groups excluding carboxylic acids is 2. The lowest BCUT2D eigenvalue weighted by atomic mass is 10.00. The van der Waals surface area contributed by atoms with Gasteiger partial charge in [0.2, 0.25) is 0 Å². The van der Waals surface area contributed by atoms with Gasteiger partial charge in [0.15, 0.2) is 0 Å². The fraction of sp³-hybridized carbons (Fsp3) is 0.517. The molecule has 4 rings (SSSR count). The Balaban J connectivity index is 1.74. The molecule has 2 aliphatic rings. The van der Waals surface area contributed by atoms with E-state index < -0.39 is 23.2 Å². The molecule has 0 radical (unpaired) electrons. The van der Waals surface area contributed by atoms with E-state index in [9.17, 15) is 9.59 Å². The standard InChI is InChI=1S/C29H38N2O4/c1-28(2,3)34-26(32)22-17-23(27(33)35-29(4,5)6)31-24(21-15-11-8-12-16-21)19-30(25(22)31)18-20-13-9-7-10-14-20/h7-16,22-25H,17-19H2,1-6H3/t22-,23+,24-,25+/m0/s1. The summed E-state index contributed by atoms with van der Waals surface area (Å²) in [5.74, 6) is -0.995. The van der Waals surface area contributed by atoms with Crippen LogP contribution < -0.4 is 0 Å². The quantitative estimate of drug-likeness (QED) is 0.567. The summed E-state index contributed by atoms with van der Waals surface area (Å²) in [6.07, 6.45) is 0.121. The average Bonchev–Trinajstić information content (AvgIpc) is 3.32. The van der Waals surface area contributed by atoms with E-state index in [0.717, 1.165) is 5.56 Å². The van der Waals surface area contributed by atoms with E-state index in [1.54, 1.807) is 0 Å². The van der Waals surface area contributed by atoms with Gasteiger partial charge in [-0.2, -0.15) is 0 Å². The van der Waals surface area contributed by atoms with E-state index in [4.69, 9.17) is 9.47 Å². The van der Waals surface area contributed by atoms with Gasteiger partial charge in [-0.1, -0.05) is 60.7 Å². The average molecular weight is 479 g/mol. The Kier molecular flexibility index (Phi) is 7.07. The third kappa shape index (κ3) is 5.93. The van der Waals surface area contributed by atoms with Gasteiger partial charge in [-0.3, -0.25) is 19.4 Å². The summed E-state index contributed by atoms with van der Waals surface area (Å²) in [6, 6.07) is 19.9. The van der Waals surface area contributed by atoms with Crippen LogP contribution in [0.4, 0.5) is 0 Å². The van der Waals surface area contributed by atoms with Gasteiger partial charge in [-0.15, -0.1) is 0 Å². The molecular weight excluding hydrogens is 440 g/mol. The Hall–Kier alpha value is -2.70. The molecule has 2 aromatic carbocycles. The minimum Gasteiger partial charge on any atom is -0.460 e. The molecule has 35 heavy (non-hydrogen) atoms. The van der Waals surface area contributed by atoms with E-state index in [1.807, 2.05) is 77.9 Å². The van der Waals surface area contributed by atoms with Crippen LogP contribution in [0.3, 0.4) is 0 Å². The van der Waals surface area contributed by atoms with Crippen LogP contribution >= 0.6 is 0 Å². The van der Waals surface area contributed by atoms with Crippen molar-refractivity contribution in [3.05, 3.63) is 71.8 Å². The van der Waals surface area contributed by atoms with Crippen molar-refractivity contribution >= 4 is 11.9 Å². The zero-order chi connectivity index (χ0) is 25.4. The maximum Gasteiger partial charge on any atom is 0.323 e. The van der Waals surface area contributed by atoms with Gasteiger partial charge in [-0.05, 0) is 59.1 Å². The van der Waals surface area contributed by atoms with E-state index in [-0.39, 0.29) is 24.1 Å². The molecular formula is C29H38N2O4. The van der Waals surface area contributed by atoms with Crippen molar-refractivity contribution in [1.82, 2.24) is 9.80 Å². The smallest absolute Gasteiger partial charge is 0.323 e. The molecule has 6 nitrogen and oxygen atoms in total. The molecule has 0 bridgehead atoms. The minimum atomic E-state index is -0.609. The van der Waals surface area contributed by atoms with Crippen molar-refractivity contribution in [1.29, 1.82) is 0 Å². The Labute approximate surface area is 209 Å². The van der Waals surface area contributed by atoms with Gasteiger partial charge >= 0.3 is 11.9 Å². The predicted molar refractivity (Wildman–Crippen MR) is 135 cm³/mol. The lowest BCUT2D eigenvalue weighted by molar-refractivity contribution is -0.163. The number of carbonyl (C=O) groups is 2. The van der Waals surface area contributed by atoms with Crippen molar-refractivity contribution in [2.75, 3.05) is 6.54 Å². The van der Waals surface area contributed by atoms with Crippen LogP contribution in [0, 0.1) is 5.92 Å². The summed E-state index contributed by atoms with van der Waals surface area (Å²) >= 11 is 0. The lowest BCUT2D eigenvalue weighted by Crippen LogP contribution is -2.46. The van der Waals surface area contributed by atoms with Crippen LogP contribution in [-0.4, -0.2) is 51.7 Å². The van der Waals surface area contributed by atoms with E-state index in [0.29, 0.717) is 19.5 Å². The third-order valence-corrected chi connectivity index (χ3v) is 6.45. The van der Waals surface area contributed by atoms with Gasteiger partial charge in [0.25, 0.3) is 0 Å². The Bertz CT molecular complexity index is 1030. The van der Waals surface area contributed by atoms with Crippen LogP contribution in [0.1, 0.15) is 65.1 Å². The van der Waals surface area contributed by atoms with E-state index in [1.165, 1.54) is 5.56 Å². The SMILES string of the molecule is CC(C)(C)OC(=O)[C@H]1C[C@H](C(=O)OC(C)(C)C)N2[C@H]1N(Cc1ccccc1)C[C@H]2c1ccccc1. The largest absolute Gasteiger partial charge is 0.460 e.